The number of hydrogen-bond donors (Lipinski definition) is 1. The van der Waals surface area contributed by atoms with Crippen LogP contribution in [0.2, 0.25) is 0 Å². The van der Waals surface area contributed by atoms with Gasteiger partial charge < -0.3 is 5.32 Å². The molecule has 0 spiro atoms. The Balaban J connectivity index is 2.49. The Hall–Kier alpha value is 0.100. The molecule has 2 nitrogen and oxygen atoms in total. The minimum absolute atomic E-state index is 0.194. The minimum Gasteiger partial charge on any atom is -0.311 e. The summed E-state index contributed by atoms with van der Waals surface area (Å²) >= 11 is 5.28. The number of rotatable bonds is 6. The average Bonchev–Trinajstić information content (AvgIpc) is 2.63. The van der Waals surface area contributed by atoms with Crippen LogP contribution in [0.5, 0.6) is 0 Å². The van der Waals surface area contributed by atoms with E-state index in [0.29, 0.717) is 6.04 Å². The first-order valence-corrected chi connectivity index (χ1v) is 8.17. The molecule has 1 heterocycles. The highest BCUT2D eigenvalue weighted by Crippen LogP contribution is 2.22. The first-order valence-electron chi connectivity index (χ1n) is 6.50. The number of hydrogen-bond acceptors (Lipinski definition) is 3. The second-order valence-corrected chi connectivity index (χ2v) is 8.16. The van der Waals surface area contributed by atoms with Crippen molar-refractivity contribution in [3.05, 3.63) is 20.8 Å². The van der Waals surface area contributed by atoms with Gasteiger partial charge >= 0.3 is 0 Å². The molecule has 1 aromatic rings. The molecular weight excluding hydrogens is 308 g/mol. The van der Waals surface area contributed by atoms with Crippen LogP contribution in [0, 0.1) is 0 Å². The first kappa shape index (κ1) is 16.2. The van der Waals surface area contributed by atoms with Gasteiger partial charge in [0.05, 0.1) is 3.79 Å². The molecule has 1 unspecified atom stereocenters. The highest BCUT2D eigenvalue weighted by molar-refractivity contribution is 9.11. The van der Waals surface area contributed by atoms with Crippen LogP contribution in [0.25, 0.3) is 0 Å². The van der Waals surface area contributed by atoms with Crippen LogP contribution in [-0.2, 0) is 6.54 Å². The van der Waals surface area contributed by atoms with Crippen LogP contribution in [0.1, 0.15) is 39.7 Å². The van der Waals surface area contributed by atoms with E-state index in [-0.39, 0.29) is 5.54 Å². The smallest absolute Gasteiger partial charge is 0.0701 e. The lowest BCUT2D eigenvalue weighted by atomic mass is 10.1. The fraction of sp³-hybridized carbons (Fsp3) is 0.714. The van der Waals surface area contributed by atoms with E-state index in [9.17, 15) is 0 Å². The Kier molecular flexibility index (Phi) is 6.31. The summed E-state index contributed by atoms with van der Waals surface area (Å²) in [6.45, 7) is 11.0. The number of thiophene rings is 1. The predicted octanol–water partition coefficient (Wildman–Crippen LogP) is 4.11. The second kappa shape index (κ2) is 7.04. The van der Waals surface area contributed by atoms with Crippen molar-refractivity contribution < 1.29 is 0 Å². The predicted molar refractivity (Wildman–Crippen MR) is 85.3 cm³/mol. The van der Waals surface area contributed by atoms with Gasteiger partial charge in [0, 0.05) is 24.7 Å². The van der Waals surface area contributed by atoms with Crippen LogP contribution in [0.15, 0.2) is 15.2 Å². The zero-order valence-corrected chi connectivity index (χ0v) is 14.5. The van der Waals surface area contributed by atoms with E-state index >= 15 is 0 Å². The summed E-state index contributed by atoms with van der Waals surface area (Å²) in [5, 5.41) is 5.82. The van der Waals surface area contributed by atoms with Crippen molar-refractivity contribution in [2.75, 3.05) is 13.6 Å². The van der Waals surface area contributed by atoms with Gasteiger partial charge in [-0.1, -0.05) is 6.92 Å². The molecule has 0 bridgehead atoms. The Labute approximate surface area is 124 Å². The fourth-order valence-electron chi connectivity index (χ4n) is 1.88. The summed E-state index contributed by atoms with van der Waals surface area (Å²) in [5.74, 6) is 0. The third-order valence-corrected chi connectivity index (χ3v) is 4.57. The van der Waals surface area contributed by atoms with E-state index in [0.717, 1.165) is 13.1 Å². The zero-order chi connectivity index (χ0) is 13.8. The Bertz CT molecular complexity index is 357. The lowest BCUT2D eigenvalue weighted by Gasteiger charge is -2.30. The fourth-order valence-corrected chi connectivity index (χ4v) is 3.08. The Morgan fingerprint density at radius 3 is 2.56 bits per heavy atom. The molecule has 0 amide bonds. The topological polar surface area (TPSA) is 15.3 Å². The molecule has 1 atom stereocenters. The van der Waals surface area contributed by atoms with E-state index in [1.54, 1.807) is 11.3 Å². The van der Waals surface area contributed by atoms with Crippen molar-refractivity contribution in [2.45, 2.75) is 52.2 Å². The van der Waals surface area contributed by atoms with Crippen LogP contribution >= 0.6 is 27.3 Å². The molecule has 4 heteroatoms. The molecule has 1 aromatic heterocycles. The van der Waals surface area contributed by atoms with Gasteiger partial charge in [-0.2, -0.15) is 0 Å². The van der Waals surface area contributed by atoms with Crippen molar-refractivity contribution in [3.8, 4) is 0 Å². The molecule has 0 aliphatic rings. The molecule has 0 radical (unpaired) electrons. The normalized spacial score (nSPS) is 14.2. The summed E-state index contributed by atoms with van der Waals surface area (Å²) in [5.41, 5.74) is 1.59. The maximum atomic E-state index is 3.60. The molecular formula is C14H25BrN2S. The summed E-state index contributed by atoms with van der Waals surface area (Å²) in [4.78, 5) is 2.44. The zero-order valence-electron chi connectivity index (χ0n) is 12.1. The molecule has 1 rings (SSSR count). The van der Waals surface area contributed by atoms with E-state index in [4.69, 9.17) is 0 Å². The largest absolute Gasteiger partial charge is 0.311 e. The maximum absolute atomic E-state index is 3.60. The van der Waals surface area contributed by atoms with Gasteiger partial charge in [-0.25, -0.2) is 0 Å². The van der Waals surface area contributed by atoms with Gasteiger partial charge in [0.25, 0.3) is 0 Å². The standard InChI is InChI=1S/C14H25BrN2S/c1-6-12(8-16-14(2,3)4)17(5)9-11-7-13(15)18-10-11/h7,10,12,16H,6,8-9H2,1-5H3. The highest BCUT2D eigenvalue weighted by Gasteiger charge is 2.17. The average molecular weight is 333 g/mol. The van der Waals surface area contributed by atoms with Gasteiger partial charge in [-0.05, 0) is 67.2 Å². The van der Waals surface area contributed by atoms with Crippen LogP contribution in [0.4, 0.5) is 0 Å². The van der Waals surface area contributed by atoms with Crippen molar-refractivity contribution in [2.24, 2.45) is 0 Å². The minimum atomic E-state index is 0.194. The molecule has 0 fully saturated rings. The van der Waals surface area contributed by atoms with Gasteiger partial charge in [-0.15, -0.1) is 11.3 Å². The van der Waals surface area contributed by atoms with Crippen LogP contribution in [-0.4, -0.2) is 30.1 Å². The summed E-state index contributed by atoms with van der Waals surface area (Å²) in [6.07, 6.45) is 1.17. The van der Waals surface area contributed by atoms with Crippen molar-refractivity contribution in [3.63, 3.8) is 0 Å². The molecule has 18 heavy (non-hydrogen) atoms. The third-order valence-electron chi connectivity index (χ3n) is 3.02. The van der Waals surface area contributed by atoms with Gasteiger partial charge in [0.1, 0.15) is 0 Å². The number of halogens is 1. The SMILES string of the molecule is CCC(CNC(C)(C)C)N(C)Cc1csc(Br)c1. The third kappa shape index (κ3) is 5.83. The van der Waals surface area contributed by atoms with E-state index < -0.39 is 0 Å². The number of nitrogens with one attached hydrogen (secondary N) is 1. The second-order valence-electron chi connectivity index (χ2n) is 5.87. The number of nitrogens with zero attached hydrogens (tertiary/aromatic N) is 1. The first-order chi connectivity index (χ1) is 8.31. The van der Waals surface area contributed by atoms with Gasteiger partial charge in [0.2, 0.25) is 0 Å². The lowest BCUT2D eigenvalue weighted by molar-refractivity contribution is 0.209. The summed E-state index contributed by atoms with van der Waals surface area (Å²) < 4.78 is 1.21. The van der Waals surface area contributed by atoms with Crippen LogP contribution < -0.4 is 5.32 Å². The van der Waals surface area contributed by atoms with Crippen molar-refractivity contribution >= 4 is 27.3 Å². The molecule has 104 valence electrons. The lowest BCUT2D eigenvalue weighted by Crippen LogP contribution is -2.46. The van der Waals surface area contributed by atoms with Crippen molar-refractivity contribution in [1.29, 1.82) is 0 Å². The van der Waals surface area contributed by atoms with Gasteiger partial charge in [-0.3, -0.25) is 4.90 Å². The number of likely N-dealkylation sites (N-methyl/N-ethyl adjacent to an activating group) is 1. The van der Waals surface area contributed by atoms with Crippen LogP contribution in [0.3, 0.4) is 0 Å². The maximum Gasteiger partial charge on any atom is 0.0701 e. The summed E-state index contributed by atoms with van der Waals surface area (Å²) in [6, 6.07) is 2.80. The molecule has 1 N–H and O–H groups in total. The monoisotopic (exact) mass is 332 g/mol. The molecule has 0 aromatic carbocycles. The Morgan fingerprint density at radius 2 is 2.11 bits per heavy atom. The molecule has 0 aliphatic carbocycles. The van der Waals surface area contributed by atoms with Gasteiger partial charge in [0.15, 0.2) is 0 Å². The molecule has 0 saturated carbocycles. The Morgan fingerprint density at radius 1 is 1.44 bits per heavy atom. The molecule has 0 saturated heterocycles. The highest BCUT2D eigenvalue weighted by atomic mass is 79.9. The van der Waals surface area contributed by atoms with Crippen molar-refractivity contribution in [1.82, 2.24) is 10.2 Å². The van der Waals surface area contributed by atoms with E-state index in [2.05, 4.69) is 72.3 Å². The van der Waals surface area contributed by atoms with E-state index in [1.807, 2.05) is 0 Å². The van der Waals surface area contributed by atoms with E-state index in [1.165, 1.54) is 15.8 Å². The quantitative estimate of drug-likeness (QED) is 0.843. The molecule has 0 aliphatic heterocycles. The summed E-state index contributed by atoms with van der Waals surface area (Å²) in [7, 11) is 2.21.